The van der Waals surface area contributed by atoms with Gasteiger partial charge in [-0.15, -0.1) is 0 Å². The normalized spacial score (nSPS) is 10.4. The Labute approximate surface area is 49.1 Å². The molecular weight excluding hydrogens is 104 g/mol. The van der Waals surface area contributed by atoms with Crippen molar-refractivity contribution in [1.29, 1.82) is 0 Å². The van der Waals surface area contributed by atoms with Crippen LogP contribution in [0, 0.1) is 5.92 Å². The van der Waals surface area contributed by atoms with Crippen LogP contribution in [0.15, 0.2) is 12.3 Å². The number of ether oxygens (including phenoxy) is 1. The summed E-state index contributed by atoms with van der Waals surface area (Å²) in [6, 6.07) is 0. The third-order valence-electron chi connectivity index (χ3n) is 0.580. The molecule has 0 unspecified atom stereocenters. The zero-order chi connectivity index (χ0) is 6.41. The summed E-state index contributed by atoms with van der Waals surface area (Å²) in [5.74, 6) is 0.420. The standard InChI is InChI=1S/C6H9O2/c1-6(2)3-4-8-5-7/h3-4,6H,1-2H3/b4-3+. The number of allylic oxidation sites excluding steroid dienone is 1. The fourth-order valence-corrected chi connectivity index (χ4v) is 0.224. The Bertz CT molecular complexity index is 84.5. The van der Waals surface area contributed by atoms with E-state index < -0.39 is 0 Å². The summed E-state index contributed by atoms with van der Waals surface area (Å²) in [6.07, 6.45) is 3.10. The van der Waals surface area contributed by atoms with Crippen molar-refractivity contribution in [3.8, 4) is 0 Å². The van der Waals surface area contributed by atoms with E-state index in [0.717, 1.165) is 0 Å². The molecule has 0 atom stereocenters. The Morgan fingerprint density at radius 2 is 2.25 bits per heavy atom. The van der Waals surface area contributed by atoms with Gasteiger partial charge in [-0.3, -0.25) is 0 Å². The third kappa shape index (κ3) is 5.21. The first-order valence-corrected chi connectivity index (χ1v) is 2.47. The largest absolute Gasteiger partial charge is 0.426 e. The van der Waals surface area contributed by atoms with E-state index in [4.69, 9.17) is 0 Å². The van der Waals surface area contributed by atoms with Gasteiger partial charge in [0.2, 0.25) is 0 Å². The molecule has 0 amide bonds. The van der Waals surface area contributed by atoms with Crippen LogP contribution in [0.1, 0.15) is 13.8 Å². The van der Waals surface area contributed by atoms with Gasteiger partial charge in [0, 0.05) is 0 Å². The molecular formula is C6H9O2. The quantitative estimate of drug-likeness (QED) is 0.515. The molecule has 45 valence electrons. The van der Waals surface area contributed by atoms with Crippen LogP contribution in [-0.4, -0.2) is 6.47 Å². The molecule has 0 aromatic carbocycles. The smallest absolute Gasteiger partial charge is 0.422 e. The van der Waals surface area contributed by atoms with Crippen LogP contribution in [-0.2, 0) is 9.53 Å². The van der Waals surface area contributed by atoms with E-state index in [1.165, 1.54) is 12.7 Å². The van der Waals surface area contributed by atoms with Gasteiger partial charge in [0.05, 0.1) is 6.26 Å². The molecule has 0 saturated heterocycles. The van der Waals surface area contributed by atoms with Crippen molar-refractivity contribution in [3.63, 3.8) is 0 Å². The van der Waals surface area contributed by atoms with E-state index in [1.54, 1.807) is 6.08 Å². The highest BCUT2D eigenvalue weighted by Crippen LogP contribution is 1.91. The lowest BCUT2D eigenvalue weighted by Crippen LogP contribution is -1.79. The molecule has 0 aromatic rings. The van der Waals surface area contributed by atoms with Crippen LogP contribution in [0.4, 0.5) is 0 Å². The van der Waals surface area contributed by atoms with Crippen LogP contribution in [0.3, 0.4) is 0 Å². The molecule has 0 saturated carbocycles. The Kier molecular flexibility index (Phi) is 3.94. The lowest BCUT2D eigenvalue weighted by atomic mass is 10.2. The van der Waals surface area contributed by atoms with E-state index in [9.17, 15) is 4.79 Å². The van der Waals surface area contributed by atoms with E-state index in [0.29, 0.717) is 5.92 Å². The Morgan fingerprint density at radius 3 is 2.62 bits per heavy atom. The monoisotopic (exact) mass is 113 g/mol. The van der Waals surface area contributed by atoms with Gasteiger partial charge in [-0.1, -0.05) is 13.8 Å². The van der Waals surface area contributed by atoms with Crippen molar-refractivity contribution in [1.82, 2.24) is 0 Å². The Hall–Kier alpha value is -0.790. The molecule has 8 heavy (non-hydrogen) atoms. The Balaban J connectivity index is 3.19. The van der Waals surface area contributed by atoms with Gasteiger partial charge in [0.1, 0.15) is 0 Å². The molecule has 2 nitrogen and oxygen atoms in total. The molecule has 2 heteroatoms. The first kappa shape index (κ1) is 7.21. The van der Waals surface area contributed by atoms with Gasteiger partial charge in [-0.25, -0.2) is 4.79 Å². The van der Waals surface area contributed by atoms with E-state index in [1.807, 2.05) is 13.8 Å². The van der Waals surface area contributed by atoms with Gasteiger partial charge in [-0.05, 0) is 12.0 Å². The average molecular weight is 113 g/mol. The van der Waals surface area contributed by atoms with Crippen LogP contribution < -0.4 is 0 Å². The molecule has 1 radical (unpaired) electrons. The summed E-state index contributed by atoms with van der Waals surface area (Å²) in [5.41, 5.74) is 0. The fourth-order valence-electron chi connectivity index (χ4n) is 0.224. The van der Waals surface area contributed by atoms with Crippen LogP contribution >= 0.6 is 0 Å². The van der Waals surface area contributed by atoms with E-state index >= 15 is 0 Å². The molecule has 0 rings (SSSR count). The molecule has 0 bridgehead atoms. The van der Waals surface area contributed by atoms with Gasteiger partial charge < -0.3 is 4.74 Å². The summed E-state index contributed by atoms with van der Waals surface area (Å²) < 4.78 is 4.16. The lowest BCUT2D eigenvalue weighted by molar-refractivity contribution is 0.395. The summed E-state index contributed by atoms with van der Waals surface area (Å²) in [5, 5.41) is 0. The Morgan fingerprint density at radius 1 is 1.62 bits per heavy atom. The highest BCUT2D eigenvalue weighted by molar-refractivity contribution is 5.39. The molecule has 0 fully saturated rings. The lowest BCUT2D eigenvalue weighted by Gasteiger charge is -1.89. The number of hydrogen-bond donors (Lipinski definition) is 0. The SMILES string of the molecule is CC(C)/C=C/O[C]=O. The van der Waals surface area contributed by atoms with E-state index in [-0.39, 0.29) is 0 Å². The van der Waals surface area contributed by atoms with Crippen LogP contribution in [0.5, 0.6) is 0 Å². The summed E-state index contributed by atoms with van der Waals surface area (Å²) in [6.45, 7) is 5.27. The molecule has 0 N–H and O–H groups in total. The number of rotatable bonds is 3. The predicted molar refractivity (Wildman–Crippen MR) is 30.8 cm³/mol. The van der Waals surface area contributed by atoms with Gasteiger partial charge in [0.15, 0.2) is 0 Å². The fraction of sp³-hybridized carbons (Fsp3) is 0.500. The second-order valence-corrected chi connectivity index (χ2v) is 1.77. The van der Waals surface area contributed by atoms with Crippen molar-refractivity contribution in [2.24, 2.45) is 5.92 Å². The molecule has 0 spiro atoms. The molecule has 0 aliphatic heterocycles. The van der Waals surface area contributed by atoms with Crippen molar-refractivity contribution < 1.29 is 9.53 Å². The highest BCUT2D eigenvalue weighted by Gasteiger charge is 1.80. The second kappa shape index (κ2) is 4.37. The maximum atomic E-state index is 9.39. The third-order valence-corrected chi connectivity index (χ3v) is 0.580. The van der Waals surface area contributed by atoms with Crippen LogP contribution in [0.25, 0.3) is 0 Å². The van der Waals surface area contributed by atoms with Crippen LogP contribution in [0.2, 0.25) is 0 Å². The maximum absolute atomic E-state index is 9.39. The zero-order valence-electron chi connectivity index (χ0n) is 5.05. The van der Waals surface area contributed by atoms with Gasteiger partial charge in [-0.2, -0.15) is 0 Å². The van der Waals surface area contributed by atoms with Crippen molar-refractivity contribution in [3.05, 3.63) is 12.3 Å². The zero-order valence-corrected chi connectivity index (χ0v) is 5.05. The van der Waals surface area contributed by atoms with Gasteiger partial charge in [0.25, 0.3) is 0 Å². The summed E-state index contributed by atoms with van der Waals surface area (Å²) in [4.78, 5) is 9.39. The first-order valence-electron chi connectivity index (χ1n) is 2.47. The minimum absolute atomic E-state index is 0.420. The minimum atomic E-state index is 0.420. The number of carbonyl (C=O) groups excluding carboxylic acids is 1. The average Bonchev–Trinajstić information content (AvgIpc) is 1.66. The summed E-state index contributed by atoms with van der Waals surface area (Å²) >= 11 is 0. The molecule has 0 aromatic heterocycles. The molecule has 0 aliphatic carbocycles. The highest BCUT2D eigenvalue weighted by atomic mass is 16.5. The number of hydrogen-bond acceptors (Lipinski definition) is 2. The predicted octanol–water partition coefficient (Wildman–Crippen LogP) is 1.24. The minimum Gasteiger partial charge on any atom is -0.426 e. The van der Waals surface area contributed by atoms with Gasteiger partial charge >= 0.3 is 6.47 Å². The van der Waals surface area contributed by atoms with Crippen molar-refractivity contribution in [2.45, 2.75) is 13.8 Å². The topological polar surface area (TPSA) is 26.3 Å². The second-order valence-electron chi connectivity index (χ2n) is 1.77. The maximum Gasteiger partial charge on any atom is 0.422 e. The molecule has 0 heterocycles. The molecule has 0 aliphatic rings. The summed E-state index contributed by atoms with van der Waals surface area (Å²) in [7, 11) is 0. The van der Waals surface area contributed by atoms with E-state index in [2.05, 4.69) is 4.74 Å². The van der Waals surface area contributed by atoms with Crippen molar-refractivity contribution in [2.75, 3.05) is 0 Å². The first-order chi connectivity index (χ1) is 3.77. The van der Waals surface area contributed by atoms with Crippen molar-refractivity contribution >= 4 is 6.47 Å².